The summed E-state index contributed by atoms with van der Waals surface area (Å²) < 4.78 is 13.0. The number of nitro benzene ring substituents is 1. The first kappa shape index (κ1) is 16.0. The van der Waals surface area contributed by atoms with Gasteiger partial charge in [-0.1, -0.05) is 30.3 Å². The maximum Gasteiger partial charge on any atom is 0.295 e. The summed E-state index contributed by atoms with van der Waals surface area (Å²) in [6.45, 7) is 0. The minimum absolute atomic E-state index is 0.00305. The molecule has 0 aliphatic heterocycles. The number of anilines is 1. The number of thioether (sulfide) groups is 1. The highest BCUT2D eigenvalue weighted by Gasteiger charge is 2.16. The number of benzene rings is 2. The fourth-order valence-electron chi connectivity index (χ4n) is 1.78. The predicted molar refractivity (Wildman–Crippen MR) is 84.3 cm³/mol. The van der Waals surface area contributed by atoms with Crippen molar-refractivity contribution in [3.8, 4) is 0 Å². The third-order valence-electron chi connectivity index (χ3n) is 2.78. The summed E-state index contributed by atoms with van der Waals surface area (Å²) in [4.78, 5) is 21.9. The number of amides is 1. The number of hydrogen-bond donors (Lipinski definition) is 1. The Morgan fingerprint density at radius 1 is 1.23 bits per heavy atom. The van der Waals surface area contributed by atoms with E-state index in [1.807, 2.05) is 30.3 Å². The average molecular weight is 320 g/mol. The van der Waals surface area contributed by atoms with E-state index in [9.17, 15) is 19.3 Å². The Morgan fingerprint density at radius 3 is 2.64 bits per heavy atom. The molecule has 0 unspecified atom stereocenters. The Morgan fingerprint density at radius 2 is 1.95 bits per heavy atom. The molecule has 0 aliphatic carbocycles. The lowest BCUT2D eigenvalue weighted by Crippen LogP contribution is -2.15. The average Bonchev–Trinajstić information content (AvgIpc) is 2.50. The highest BCUT2D eigenvalue weighted by atomic mass is 32.2. The number of nitrogens with one attached hydrogen (secondary N) is 1. The van der Waals surface area contributed by atoms with E-state index in [0.717, 1.165) is 17.7 Å². The molecule has 0 bridgehead atoms. The molecule has 0 fully saturated rings. The number of rotatable bonds is 6. The van der Waals surface area contributed by atoms with E-state index in [2.05, 4.69) is 5.32 Å². The van der Waals surface area contributed by atoms with Crippen molar-refractivity contribution in [3.63, 3.8) is 0 Å². The third-order valence-corrected chi connectivity index (χ3v) is 3.78. The monoisotopic (exact) mass is 320 g/mol. The van der Waals surface area contributed by atoms with Gasteiger partial charge in [0.1, 0.15) is 11.5 Å². The molecule has 1 amide bonds. The fourth-order valence-corrected chi connectivity index (χ4v) is 2.57. The zero-order chi connectivity index (χ0) is 15.9. The summed E-state index contributed by atoms with van der Waals surface area (Å²) in [5, 5.41) is 13.3. The molecular formula is C15H13FN2O3S. The Kier molecular flexibility index (Phi) is 5.48. The van der Waals surface area contributed by atoms with Gasteiger partial charge in [-0.2, -0.15) is 0 Å². The normalized spacial score (nSPS) is 10.2. The topological polar surface area (TPSA) is 72.2 Å². The number of nitrogens with zero attached hydrogens (tertiary/aromatic N) is 1. The lowest BCUT2D eigenvalue weighted by Gasteiger charge is -2.06. The molecular weight excluding hydrogens is 307 g/mol. The number of halogens is 1. The van der Waals surface area contributed by atoms with Gasteiger partial charge in [0.25, 0.3) is 5.69 Å². The summed E-state index contributed by atoms with van der Waals surface area (Å²) in [6.07, 6.45) is 0. The van der Waals surface area contributed by atoms with Crippen LogP contribution in [0.4, 0.5) is 15.8 Å². The summed E-state index contributed by atoms with van der Waals surface area (Å²) >= 11 is 1.40. The second-order valence-electron chi connectivity index (χ2n) is 4.45. The maximum absolute atomic E-state index is 13.0. The highest BCUT2D eigenvalue weighted by molar-refractivity contribution is 7.99. The van der Waals surface area contributed by atoms with Crippen LogP contribution in [0.3, 0.4) is 0 Å². The van der Waals surface area contributed by atoms with Crippen molar-refractivity contribution in [1.82, 2.24) is 0 Å². The van der Waals surface area contributed by atoms with Crippen LogP contribution in [0.5, 0.6) is 0 Å². The summed E-state index contributed by atoms with van der Waals surface area (Å²) in [7, 11) is 0. The molecule has 0 aliphatic rings. The molecule has 0 spiro atoms. The van der Waals surface area contributed by atoms with Crippen LogP contribution in [0.15, 0.2) is 48.5 Å². The first-order chi connectivity index (χ1) is 10.6. The van der Waals surface area contributed by atoms with Gasteiger partial charge >= 0.3 is 0 Å². The minimum atomic E-state index is -0.726. The maximum atomic E-state index is 13.0. The van der Waals surface area contributed by atoms with E-state index in [0.29, 0.717) is 5.75 Å². The van der Waals surface area contributed by atoms with Gasteiger partial charge in [0.15, 0.2) is 0 Å². The van der Waals surface area contributed by atoms with Crippen LogP contribution >= 0.6 is 11.8 Å². The van der Waals surface area contributed by atoms with Gasteiger partial charge < -0.3 is 5.32 Å². The number of hydrogen-bond acceptors (Lipinski definition) is 4. The van der Waals surface area contributed by atoms with Crippen LogP contribution in [0.2, 0.25) is 0 Å². The number of carbonyl (C=O) groups is 1. The Labute approximate surface area is 130 Å². The van der Waals surface area contributed by atoms with E-state index in [4.69, 9.17) is 0 Å². The van der Waals surface area contributed by atoms with Crippen molar-refractivity contribution in [2.75, 3.05) is 11.1 Å². The van der Waals surface area contributed by atoms with Crippen molar-refractivity contribution >= 4 is 29.0 Å². The van der Waals surface area contributed by atoms with Gasteiger partial charge in [0, 0.05) is 5.75 Å². The van der Waals surface area contributed by atoms with Crippen LogP contribution in [-0.2, 0) is 10.5 Å². The predicted octanol–water partition coefficient (Wildman–Crippen LogP) is 3.61. The van der Waals surface area contributed by atoms with Crippen LogP contribution in [0, 0.1) is 15.9 Å². The molecule has 22 heavy (non-hydrogen) atoms. The summed E-state index contributed by atoms with van der Waals surface area (Å²) in [5.41, 5.74) is 0.631. The fraction of sp³-hybridized carbons (Fsp3) is 0.133. The largest absolute Gasteiger partial charge is 0.320 e. The van der Waals surface area contributed by atoms with Gasteiger partial charge in [-0.05, 0) is 17.7 Å². The molecule has 0 radical (unpaired) electrons. The van der Waals surface area contributed by atoms with Crippen LogP contribution in [0.25, 0.3) is 0 Å². The lowest BCUT2D eigenvalue weighted by atomic mass is 10.2. The van der Waals surface area contributed by atoms with Crippen LogP contribution < -0.4 is 5.32 Å². The second kappa shape index (κ2) is 7.56. The zero-order valence-corrected chi connectivity index (χ0v) is 12.3. The molecule has 0 saturated carbocycles. The first-order valence-electron chi connectivity index (χ1n) is 6.42. The smallest absolute Gasteiger partial charge is 0.295 e. The first-order valence-corrected chi connectivity index (χ1v) is 7.57. The lowest BCUT2D eigenvalue weighted by molar-refractivity contribution is -0.384. The van der Waals surface area contributed by atoms with E-state index in [1.54, 1.807) is 0 Å². The van der Waals surface area contributed by atoms with Gasteiger partial charge in [-0.25, -0.2) is 4.39 Å². The highest BCUT2D eigenvalue weighted by Crippen LogP contribution is 2.25. The Balaban J connectivity index is 1.91. The Hall–Kier alpha value is -2.41. The number of nitro groups is 1. The van der Waals surface area contributed by atoms with Crippen LogP contribution in [0.1, 0.15) is 5.56 Å². The molecule has 5 nitrogen and oxygen atoms in total. The molecule has 114 valence electrons. The quantitative estimate of drug-likeness (QED) is 0.652. The SMILES string of the molecule is O=C(CSCc1ccccc1)Nc1ccc(F)cc1[N+](=O)[O-]. The zero-order valence-electron chi connectivity index (χ0n) is 11.5. The second-order valence-corrected chi connectivity index (χ2v) is 5.43. The van der Waals surface area contributed by atoms with Gasteiger partial charge in [-0.3, -0.25) is 14.9 Å². The van der Waals surface area contributed by atoms with E-state index in [-0.39, 0.29) is 17.3 Å². The molecule has 0 aromatic heterocycles. The van der Waals surface area contributed by atoms with Crippen LogP contribution in [-0.4, -0.2) is 16.6 Å². The van der Waals surface area contributed by atoms with Crippen molar-refractivity contribution < 1.29 is 14.1 Å². The third kappa shape index (κ3) is 4.56. The van der Waals surface area contributed by atoms with E-state index >= 15 is 0 Å². The molecule has 2 aromatic carbocycles. The molecule has 7 heteroatoms. The summed E-state index contributed by atoms with van der Waals surface area (Å²) in [5.74, 6) is -0.262. The minimum Gasteiger partial charge on any atom is -0.320 e. The van der Waals surface area contributed by atoms with Crippen molar-refractivity contribution in [1.29, 1.82) is 0 Å². The molecule has 2 rings (SSSR count). The number of carbonyl (C=O) groups excluding carboxylic acids is 1. The van der Waals surface area contributed by atoms with Gasteiger partial charge in [-0.15, -0.1) is 11.8 Å². The van der Waals surface area contributed by atoms with Crippen molar-refractivity contribution in [2.45, 2.75) is 5.75 Å². The standard InChI is InChI=1S/C15H13FN2O3S/c16-12-6-7-13(14(8-12)18(20)21)17-15(19)10-22-9-11-4-2-1-3-5-11/h1-8H,9-10H2,(H,17,19). The van der Waals surface area contributed by atoms with Crippen molar-refractivity contribution in [2.24, 2.45) is 0 Å². The van der Waals surface area contributed by atoms with Gasteiger partial charge in [0.05, 0.1) is 16.7 Å². The van der Waals surface area contributed by atoms with Crippen molar-refractivity contribution in [3.05, 3.63) is 70.0 Å². The molecule has 0 heterocycles. The molecule has 0 saturated heterocycles. The van der Waals surface area contributed by atoms with E-state index < -0.39 is 16.4 Å². The Bertz CT molecular complexity index is 680. The molecule has 1 N–H and O–H groups in total. The van der Waals surface area contributed by atoms with E-state index in [1.165, 1.54) is 17.8 Å². The molecule has 0 atom stereocenters. The summed E-state index contributed by atoms with van der Waals surface area (Å²) in [6, 6.07) is 12.7. The molecule has 2 aromatic rings. The van der Waals surface area contributed by atoms with Gasteiger partial charge in [0.2, 0.25) is 5.91 Å².